The normalized spacial score (nSPS) is 13.9. The van der Waals surface area contributed by atoms with Gasteiger partial charge in [0, 0.05) is 16.7 Å². The van der Waals surface area contributed by atoms with Crippen LogP contribution < -0.4 is 9.47 Å². The summed E-state index contributed by atoms with van der Waals surface area (Å²) >= 11 is 5.88. The second kappa shape index (κ2) is 7.71. The fourth-order valence-electron chi connectivity index (χ4n) is 2.82. The number of allylic oxidation sites excluding steroid dienone is 1. The van der Waals surface area contributed by atoms with E-state index in [1.807, 2.05) is 6.07 Å². The molecule has 5 heteroatoms. The topological polar surface area (TPSA) is 52.6 Å². The molecular weight excluding hydrogens is 376 g/mol. The molecule has 1 aliphatic rings. The Bertz CT molecular complexity index is 1070. The second-order valence-electron chi connectivity index (χ2n) is 6.23. The summed E-state index contributed by atoms with van der Waals surface area (Å²) in [6.07, 6.45) is 1.66. The number of hydrogen-bond acceptors (Lipinski definition) is 4. The number of hydrogen-bond donors (Lipinski definition) is 0. The highest BCUT2D eigenvalue weighted by molar-refractivity contribution is 6.30. The lowest BCUT2D eigenvalue weighted by Gasteiger charge is -2.06. The average molecular weight is 391 g/mol. The predicted molar refractivity (Wildman–Crippen MR) is 107 cm³/mol. The van der Waals surface area contributed by atoms with Gasteiger partial charge in [0.1, 0.15) is 11.5 Å². The molecule has 0 bridgehead atoms. The number of Topliss-reactive ketones (excluding diaryl/α,β-unsaturated/α-hetero) is 2. The van der Waals surface area contributed by atoms with Crippen LogP contribution in [0.4, 0.5) is 0 Å². The van der Waals surface area contributed by atoms with Crippen LogP contribution in [0.15, 0.2) is 78.6 Å². The molecule has 0 unspecified atom stereocenters. The fourth-order valence-corrected chi connectivity index (χ4v) is 2.95. The van der Waals surface area contributed by atoms with E-state index >= 15 is 0 Å². The number of halogens is 1. The van der Waals surface area contributed by atoms with E-state index in [-0.39, 0.29) is 23.9 Å². The van der Waals surface area contributed by atoms with Crippen molar-refractivity contribution in [3.63, 3.8) is 0 Å². The lowest BCUT2D eigenvalue weighted by molar-refractivity contribution is 0.0921. The molecule has 3 aromatic carbocycles. The maximum absolute atomic E-state index is 12.5. The fraction of sp³-hybridized carbons (Fsp3) is 0.0435. The number of fused-ring (bicyclic) bond motifs is 1. The average Bonchev–Trinajstić information content (AvgIpc) is 3.03. The quantitative estimate of drug-likeness (QED) is 0.443. The van der Waals surface area contributed by atoms with Crippen LogP contribution in [0.1, 0.15) is 26.3 Å². The third kappa shape index (κ3) is 3.82. The summed E-state index contributed by atoms with van der Waals surface area (Å²) in [5, 5.41) is 0.621. The van der Waals surface area contributed by atoms with Gasteiger partial charge in [0.2, 0.25) is 5.78 Å². The summed E-state index contributed by atoms with van der Waals surface area (Å²) in [5.74, 6) is 0.784. The molecule has 0 spiro atoms. The molecule has 0 fully saturated rings. The van der Waals surface area contributed by atoms with Crippen molar-refractivity contribution in [1.82, 2.24) is 0 Å². The Labute approximate surface area is 167 Å². The minimum Gasteiger partial charge on any atom is -0.485 e. The van der Waals surface area contributed by atoms with Gasteiger partial charge >= 0.3 is 0 Å². The number of benzene rings is 3. The summed E-state index contributed by atoms with van der Waals surface area (Å²) in [5.41, 5.74) is 1.86. The number of rotatable bonds is 5. The van der Waals surface area contributed by atoms with Gasteiger partial charge in [0.15, 0.2) is 18.1 Å². The zero-order valence-corrected chi connectivity index (χ0v) is 15.5. The third-order valence-corrected chi connectivity index (χ3v) is 4.53. The van der Waals surface area contributed by atoms with Crippen LogP contribution >= 0.6 is 11.6 Å². The highest BCUT2D eigenvalue weighted by Gasteiger charge is 2.27. The summed E-state index contributed by atoms with van der Waals surface area (Å²) in [4.78, 5) is 24.7. The lowest BCUT2D eigenvalue weighted by atomic mass is 10.1. The second-order valence-corrected chi connectivity index (χ2v) is 6.66. The van der Waals surface area contributed by atoms with Crippen molar-refractivity contribution in [3.8, 4) is 11.5 Å². The number of ketones is 2. The molecule has 0 aromatic heterocycles. The van der Waals surface area contributed by atoms with Crippen LogP contribution in [0.2, 0.25) is 5.02 Å². The lowest BCUT2D eigenvalue weighted by Crippen LogP contribution is -2.11. The zero-order valence-electron chi connectivity index (χ0n) is 14.7. The van der Waals surface area contributed by atoms with Crippen LogP contribution in [0.3, 0.4) is 0 Å². The third-order valence-electron chi connectivity index (χ3n) is 4.27. The molecule has 0 aliphatic carbocycles. The van der Waals surface area contributed by atoms with Gasteiger partial charge in [0.05, 0.1) is 5.56 Å². The molecule has 0 saturated heterocycles. The smallest absolute Gasteiger partial charge is 0.231 e. The minimum atomic E-state index is -0.197. The van der Waals surface area contributed by atoms with Crippen LogP contribution in [0, 0.1) is 0 Å². The SMILES string of the molecule is O=C(COc1ccc2c(c1)OC(=Cc1ccc(Cl)cc1)C2=O)c1ccccc1. The van der Waals surface area contributed by atoms with Crippen LogP contribution in [-0.2, 0) is 0 Å². The van der Waals surface area contributed by atoms with Crippen molar-refractivity contribution in [2.24, 2.45) is 0 Å². The van der Waals surface area contributed by atoms with Gasteiger partial charge in [-0.1, -0.05) is 54.1 Å². The van der Waals surface area contributed by atoms with Gasteiger partial charge in [-0.15, -0.1) is 0 Å². The predicted octanol–water partition coefficient (Wildman–Crippen LogP) is 5.22. The van der Waals surface area contributed by atoms with Crippen molar-refractivity contribution in [1.29, 1.82) is 0 Å². The maximum atomic E-state index is 12.5. The Morgan fingerprint density at radius 3 is 2.50 bits per heavy atom. The van der Waals surface area contributed by atoms with Gasteiger partial charge < -0.3 is 9.47 Å². The Morgan fingerprint density at radius 2 is 1.75 bits per heavy atom. The summed E-state index contributed by atoms with van der Waals surface area (Å²) in [6, 6.07) is 21.0. The first-order chi connectivity index (χ1) is 13.6. The van der Waals surface area contributed by atoms with Crippen molar-refractivity contribution in [3.05, 3.63) is 100 Å². The van der Waals surface area contributed by atoms with Gasteiger partial charge in [-0.2, -0.15) is 0 Å². The Morgan fingerprint density at radius 1 is 1.00 bits per heavy atom. The zero-order chi connectivity index (χ0) is 19.5. The first-order valence-corrected chi connectivity index (χ1v) is 9.03. The van der Waals surface area contributed by atoms with Gasteiger partial charge in [0.25, 0.3) is 0 Å². The van der Waals surface area contributed by atoms with Crippen molar-refractivity contribution >= 4 is 29.2 Å². The molecule has 4 nitrogen and oxygen atoms in total. The Balaban J connectivity index is 1.48. The molecule has 0 saturated carbocycles. The first kappa shape index (κ1) is 18.0. The standard InChI is InChI=1S/C23H15ClO4/c24-17-8-6-15(7-9-17)12-22-23(26)19-11-10-18(13-21(19)28-22)27-14-20(25)16-4-2-1-3-5-16/h1-13H,14H2. The molecule has 138 valence electrons. The highest BCUT2D eigenvalue weighted by Crippen LogP contribution is 2.35. The molecule has 3 aromatic rings. The van der Waals surface area contributed by atoms with E-state index in [0.717, 1.165) is 5.56 Å². The molecule has 1 aliphatic heterocycles. The summed E-state index contributed by atoms with van der Waals surface area (Å²) in [6.45, 7) is -0.0930. The van der Waals surface area contributed by atoms with Crippen LogP contribution in [-0.4, -0.2) is 18.2 Å². The molecule has 0 atom stereocenters. The molecule has 28 heavy (non-hydrogen) atoms. The molecule has 0 amide bonds. The first-order valence-electron chi connectivity index (χ1n) is 8.65. The van der Waals surface area contributed by atoms with Crippen LogP contribution in [0.5, 0.6) is 11.5 Å². The van der Waals surface area contributed by atoms with E-state index in [2.05, 4.69) is 0 Å². The van der Waals surface area contributed by atoms with E-state index in [9.17, 15) is 9.59 Å². The molecule has 1 heterocycles. The number of carbonyl (C=O) groups is 2. The molecule has 0 radical (unpaired) electrons. The summed E-state index contributed by atoms with van der Waals surface area (Å²) in [7, 11) is 0. The van der Waals surface area contributed by atoms with E-state index in [1.54, 1.807) is 72.8 Å². The number of ether oxygens (including phenoxy) is 2. The Hall–Kier alpha value is -3.37. The van der Waals surface area contributed by atoms with E-state index in [1.165, 1.54) is 0 Å². The minimum absolute atomic E-state index is 0.0930. The van der Waals surface area contributed by atoms with Crippen molar-refractivity contribution < 1.29 is 19.1 Å². The van der Waals surface area contributed by atoms with E-state index in [0.29, 0.717) is 27.6 Å². The van der Waals surface area contributed by atoms with Gasteiger partial charge in [-0.25, -0.2) is 0 Å². The molecule has 4 rings (SSSR count). The van der Waals surface area contributed by atoms with Crippen LogP contribution in [0.25, 0.3) is 6.08 Å². The molecular formula is C23H15ClO4. The van der Waals surface area contributed by atoms with E-state index < -0.39 is 0 Å². The van der Waals surface area contributed by atoms with Crippen molar-refractivity contribution in [2.45, 2.75) is 0 Å². The Kier molecular flexibility index (Phi) is 4.96. The van der Waals surface area contributed by atoms with Crippen molar-refractivity contribution in [2.75, 3.05) is 6.61 Å². The monoisotopic (exact) mass is 390 g/mol. The summed E-state index contributed by atoms with van der Waals surface area (Å²) < 4.78 is 11.3. The van der Waals surface area contributed by atoms with Gasteiger partial charge in [-0.3, -0.25) is 9.59 Å². The maximum Gasteiger partial charge on any atom is 0.231 e. The molecule has 0 N–H and O–H groups in total. The van der Waals surface area contributed by atoms with Gasteiger partial charge in [-0.05, 0) is 35.9 Å². The largest absolute Gasteiger partial charge is 0.485 e. The van der Waals surface area contributed by atoms with E-state index in [4.69, 9.17) is 21.1 Å². The number of carbonyl (C=O) groups excluding carboxylic acids is 2. The highest BCUT2D eigenvalue weighted by atomic mass is 35.5.